The second kappa shape index (κ2) is 15.7. The van der Waals surface area contributed by atoms with Gasteiger partial charge in [0, 0.05) is 0 Å². The van der Waals surface area contributed by atoms with Crippen LogP contribution >= 0.6 is 0 Å². The predicted octanol–water partition coefficient (Wildman–Crippen LogP) is -3.29. The quantitative estimate of drug-likeness (QED) is 0.267. The molecule has 0 aliphatic rings. The van der Waals surface area contributed by atoms with Gasteiger partial charge in [-0.1, -0.05) is 20.8 Å². The molecule has 0 bridgehead atoms. The molecule has 0 N–H and O–H groups in total. The van der Waals surface area contributed by atoms with E-state index in [0.29, 0.717) is 12.2 Å². The van der Waals surface area contributed by atoms with Crippen LogP contribution in [-0.4, -0.2) is 43.1 Å². The molecule has 0 fully saturated rings. The molecule has 0 unspecified atom stereocenters. The number of carboxylic acids is 2. The van der Waals surface area contributed by atoms with Gasteiger partial charge in [-0.05, 0) is 31.4 Å². The zero-order chi connectivity index (χ0) is 15.3. The molecule has 20 heavy (non-hydrogen) atoms. The van der Waals surface area contributed by atoms with E-state index in [1.807, 2.05) is 0 Å². The van der Waals surface area contributed by atoms with E-state index in [1.165, 1.54) is 43.4 Å². The van der Waals surface area contributed by atoms with E-state index in [2.05, 4.69) is 27.8 Å². The summed E-state index contributed by atoms with van der Waals surface area (Å²) in [5.41, 5.74) is 0. The number of carbonyl (C=O) groups excluding carboxylic acids is 2. The molecule has 0 aliphatic heterocycles. The van der Waals surface area contributed by atoms with Crippen molar-refractivity contribution in [1.29, 1.82) is 0 Å². The fourth-order valence-electron chi connectivity index (χ4n) is 2.09. The first-order valence-corrected chi connectivity index (χ1v) is 6.74. The maximum atomic E-state index is 9.41. The van der Waals surface area contributed by atoms with Gasteiger partial charge in [0.15, 0.2) is 0 Å². The van der Waals surface area contributed by atoms with Gasteiger partial charge in [0.2, 0.25) is 0 Å². The van der Waals surface area contributed by atoms with Gasteiger partial charge in [0.25, 0.3) is 0 Å². The Morgan fingerprint density at radius 1 is 0.850 bits per heavy atom. The van der Waals surface area contributed by atoms with Crippen LogP contribution < -0.4 is 61.6 Å². The van der Waals surface area contributed by atoms with Gasteiger partial charge >= 0.3 is 51.4 Å². The van der Waals surface area contributed by atoms with Crippen LogP contribution in [0.15, 0.2) is 12.2 Å². The summed E-state index contributed by atoms with van der Waals surface area (Å²) in [6, 6.07) is 0. The summed E-state index contributed by atoms with van der Waals surface area (Å²) in [6.07, 6.45) is 4.72. The third-order valence-electron chi connectivity index (χ3n) is 2.65. The first-order valence-electron chi connectivity index (χ1n) is 6.74. The minimum absolute atomic E-state index is 0. The van der Waals surface area contributed by atoms with Crippen LogP contribution in [0.5, 0.6) is 0 Å². The summed E-state index contributed by atoms with van der Waals surface area (Å²) >= 11 is 0. The van der Waals surface area contributed by atoms with Crippen molar-refractivity contribution in [2.75, 3.05) is 26.7 Å². The molecule has 0 heterocycles. The van der Waals surface area contributed by atoms with E-state index in [9.17, 15) is 19.8 Å². The Hall–Kier alpha value is 0.276. The molecule has 112 valence electrons. The second-order valence-electron chi connectivity index (χ2n) is 4.76. The Bertz CT molecular complexity index is 260. The van der Waals surface area contributed by atoms with E-state index in [1.54, 1.807) is 0 Å². The monoisotopic (exact) mass is 311 g/mol. The summed E-state index contributed by atoms with van der Waals surface area (Å²) in [4.78, 5) is 18.8. The predicted molar refractivity (Wildman–Crippen MR) is 70.8 cm³/mol. The van der Waals surface area contributed by atoms with Crippen LogP contribution in [-0.2, 0) is 9.59 Å². The summed E-state index contributed by atoms with van der Waals surface area (Å²) in [5, 5.41) is 18.8. The molecule has 5 nitrogen and oxygen atoms in total. The van der Waals surface area contributed by atoms with Crippen molar-refractivity contribution in [3.8, 4) is 0 Å². The molecular formula is C14H26KNO4. The Balaban J connectivity index is -0.000000288. The zero-order valence-corrected chi connectivity index (χ0v) is 16.6. The minimum Gasteiger partial charge on any atom is -0.545 e. The van der Waals surface area contributed by atoms with Crippen LogP contribution in [0.1, 0.15) is 40.0 Å². The largest absolute Gasteiger partial charge is 1.00 e. The molecule has 0 aromatic heterocycles. The maximum Gasteiger partial charge on any atom is 1.00 e. The molecule has 0 rings (SSSR count). The van der Waals surface area contributed by atoms with Crippen LogP contribution in [0.4, 0.5) is 0 Å². The fourth-order valence-corrected chi connectivity index (χ4v) is 2.09. The summed E-state index contributed by atoms with van der Waals surface area (Å²) in [7, 11) is 2.39. The van der Waals surface area contributed by atoms with Crippen molar-refractivity contribution >= 4 is 11.9 Å². The molecule has 0 saturated carbocycles. The van der Waals surface area contributed by atoms with E-state index >= 15 is 0 Å². The Kier molecular flexibility index (Phi) is 19.8. The molecule has 0 spiro atoms. The molecule has 0 saturated heterocycles. The van der Waals surface area contributed by atoms with Crippen LogP contribution in [0.25, 0.3) is 0 Å². The van der Waals surface area contributed by atoms with Gasteiger partial charge < -0.3 is 24.3 Å². The van der Waals surface area contributed by atoms with Gasteiger partial charge in [-0.3, -0.25) is 0 Å². The van der Waals surface area contributed by atoms with Gasteiger partial charge in [0.1, 0.15) is 0 Å². The molecule has 0 radical (unpaired) electrons. The van der Waals surface area contributed by atoms with Gasteiger partial charge in [-0.25, -0.2) is 0 Å². The maximum absolute atomic E-state index is 9.41. The molecule has 0 aromatic rings. The van der Waals surface area contributed by atoms with E-state index in [4.69, 9.17) is 0 Å². The number of hydrogen-bond acceptors (Lipinski definition) is 4. The standard InChI is InChI=1S/C10H24N.C4H4O4.K/c1-5-8-11(4,9-6-2)10-7-3;5-3(6)1-2-4(7)8;/h5-10H2,1-4H3;1-2H,(H,5,6)(H,7,8);/q+1;;+1/p-2/b;2-1+;. The van der Waals surface area contributed by atoms with E-state index in [0.717, 1.165) is 0 Å². The molecule has 0 aromatic carbocycles. The zero-order valence-electron chi connectivity index (χ0n) is 13.5. The van der Waals surface area contributed by atoms with Crippen LogP contribution in [0, 0.1) is 0 Å². The average Bonchev–Trinajstić information content (AvgIpc) is 2.28. The Morgan fingerprint density at radius 3 is 1.25 bits per heavy atom. The second-order valence-corrected chi connectivity index (χ2v) is 4.76. The summed E-state index contributed by atoms with van der Waals surface area (Å²) in [5.74, 6) is -3.09. The normalized spacial score (nSPS) is 10.4. The van der Waals surface area contributed by atoms with Gasteiger partial charge in [-0.15, -0.1) is 0 Å². The minimum atomic E-state index is -1.55. The SMILES string of the molecule is CCC[N+](C)(CCC)CCC.O=C([O-])/C=C/C(=O)[O-].[K+]. The third-order valence-corrected chi connectivity index (χ3v) is 2.65. The number of aliphatic carboxylic acids is 2. The third kappa shape index (κ3) is 18.3. The number of carbonyl (C=O) groups is 2. The van der Waals surface area contributed by atoms with Crippen molar-refractivity contribution in [3.63, 3.8) is 0 Å². The Morgan fingerprint density at radius 2 is 1.10 bits per heavy atom. The molecular weight excluding hydrogens is 285 g/mol. The van der Waals surface area contributed by atoms with E-state index < -0.39 is 11.9 Å². The first kappa shape index (κ1) is 25.2. The number of hydrogen-bond donors (Lipinski definition) is 0. The van der Waals surface area contributed by atoms with E-state index in [-0.39, 0.29) is 51.4 Å². The molecule has 0 aliphatic carbocycles. The Labute approximate surface area is 165 Å². The van der Waals surface area contributed by atoms with Crippen molar-refractivity contribution in [2.45, 2.75) is 40.0 Å². The van der Waals surface area contributed by atoms with Crippen molar-refractivity contribution < 1.29 is 75.7 Å². The summed E-state index contributed by atoms with van der Waals surface area (Å²) in [6.45, 7) is 10.9. The van der Waals surface area contributed by atoms with Crippen molar-refractivity contribution in [3.05, 3.63) is 12.2 Å². The van der Waals surface area contributed by atoms with Crippen LogP contribution in [0.3, 0.4) is 0 Å². The smallest absolute Gasteiger partial charge is 0.545 e. The number of rotatable bonds is 8. The van der Waals surface area contributed by atoms with Crippen molar-refractivity contribution in [2.24, 2.45) is 0 Å². The first-order chi connectivity index (χ1) is 8.81. The van der Waals surface area contributed by atoms with Gasteiger partial charge in [0.05, 0.1) is 38.6 Å². The number of carboxylic acid groups (broad SMARTS) is 2. The summed E-state index contributed by atoms with van der Waals surface area (Å²) < 4.78 is 1.28. The topological polar surface area (TPSA) is 80.3 Å². The number of quaternary nitrogens is 1. The van der Waals surface area contributed by atoms with Crippen molar-refractivity contribution in [1.82, 2.24) is 0 Å². The average molecular weight is 311 g/mol. The molecule has 0 amide bonds. The number of nitrogens with zero attached hydrogens (tertiary/aromatic N) is 1. The molecule has 0 atom stereocenters. The van der Waals surface area contributed by atoms with Crippen LogP contribution in [0.2, 0.25) is 0 Å². The fraction of sp³-hybridized carbons (Fsp3) is 0.714. The molecule has 6 heteroatoms. The van der Waals surface area contributed by atoms with Gasteiger partial charge in [-0.2, -0.15) is 0 Å².